The van der Waals surface area contributed by atoms with E-state index in [1.807, 2.05) is 0 Å². The molecule has 1 amide bonds. The summed E-state index contributed by atoms with van der Waals surface area (Å²) in [5.74, 6) is -0.607. The molecule has 0 aliphatic carbocycles. The molecular formula is C12H11BrF2N2O4. The first kappa shape index (κ1) is 17.0. The molecule has 9 heteroatoms. The number of alkyl halides is 2. The largest absolute Gasteiger partial charge is 0.464 e. The second-order valence-electron chi connectivity index (χ2n) is 3.79. The van der Waals surface area contributed by atoms with Crippen molar-refractivity contribution in [3.8, 4) is 0 Å². The van der Waals surface area contributed by atoms with Gasteiger partial charge in [-0.15, -0.1) is 0 Å². The van der Waals surface area contributed by atoms with E-state index in [0.717, 1.165) is 13.0 Å². The Morgan fingerprint density at radius 3 is 2.67 bits per heavy atom. The normalized spacial score (nSPS) is 11.4. The van der Waals surface area contributed by atoms with Crippen LogP contribution in [0.15, 0.2) is 27.8 Å². The van der Waals surface area contributed by atoms with Gasteiger partial charge in [0.05, 0.1) is 0 Å². The smallest absolute Gasteiger partial charge is 0.425 e. The molecule has 0 saturated heterocycles. The molecule has 0 bridgehead atoms. The lowest BCUT2D eigenvalue weighted by Gasteiger charge is -2.10. The number of carboxylic acid groups (broad SMARTS) is 1. The number of amides is 1. The number of carbonyl (C=O) groups excluding carboxylic acids is 1. The quantitative estimate of drug-likeness (QED) is 0.477. The molecule has 0 aliphatic rings. The van der Waals surface area contributed by atoms with Crippen LogP contribution in [0.2, 0.25) is 0 Å². The first-order chi connectivity index (χ1) is 9.81. The van der Waals surface area contributed by atoms with Crippen LogP contribution >= 0.6 is 15.9 Å². The highest BCUT2D eigenvalue weighted by atomic mass is 79.9. The number of nitrogens with one attached hydrogen (secondary N) is 1. The SMILES string of the molecule is CC(=O)OC/C(=N/NC(=O)O)c1ccc(Br)c(C(F)F)c1. The zero-order valence-electron chi connectivity index (χ0n) is 10.8. The summed E-state index contributed by atoms with van der Waals surface area (Å²) >= 11 is 2.99. The van der Waals surface area contributed by atoms with Crippen molar-refractivity contribution in [1.82, 2.24) is 5.43 Å². The van der Waals surface area contributed by atoms with Crippen molar-refractivity contribution in [1.29, 1.82) is 0 Å². The molecule has 1 aromatic carbocycles. The third-order valence-electron chi connectivity index (χ3n) is 2.26. The molecule has 0 aromatic heterocycles. The number of halogens is 3. The average molecular weight is 365 g/mol. The van der Waals surface area contributed by atoms with Crippen LogP contribution in [0.4, 0.5) is 13.6 Å². The van der Waals surface area contributed by atoms with Crippen molar-refractivity contribution in [2.75, 3.05) is 6.61 Å². The highest BCUT2D eigenvalue weighted by Gasteiger charge is 2.15. The highest BCUT2D eigenvalue weighted by Crippen LogP contribution is 2.28. The molecule has 2 N–H and O–H groups in total. The van der Waals surface area contributed by atoms with Gasteiger partial charge in [-0.1, -0.05) is 22.0 Å². The first-order valence-corrected chi connectivity index (χ1v) is 6.37. The van der Waals surface area contributed by atoms with E-state index in [4.69, 9.17) is 9.84 Å². The molecule has 0 atom stereocenters. The van der Waals surface area contributed by atoms with Crippen molar-refractivity contribution >= 4 is 33.7 Å². The summed E-state index contributed by atoms with van der Waals surface area (Å²) < 4.78 is 30.6. The van der Waals surface area contributed by atoms with E-state index >= 15 is 0 Å². The fourth-order valence-corrected chi connectivity index (χ4v) is 1.78. The lowest BCUT2D eigenvalue weighted by Crippen LogP contribution is -2.21. The second kappa shape index (κ2) is 7.67. The van der Waals surface area contributed by atoms with E-state index in [0.29, 0.717) is 0 Å². The first-order valence-electron chi connectivity index (χ1n) is 5.58. The number of benzene rings is 1. The molecular weight excluding hydrogens is 354 g/mol. The van der Waals surface area contributed by atoms with E-state index < -0.39 is 18.5 Å². The monoisotopic (exact) mass is 364 g/mol. The minimum atomic E-state index is -2.72. The van der Waals surface area contributed by atoms with Gasteiger partial charge in [-0.05, 0) is 12.1 Å². The predicted octanol–water partition coefficient (Wildman–Crippen LogP) is 2.92. The lowest BCUT2D eigenvalue weighted by atomic mass is 10.1. The summed E-state index contributed by atoms with van der Waals surface area (Å²) in [4.78, 5) is 21.3. The predicted molar refractivity (Wildman–Crippen MR) is 73.4 cm³/mol. The van der Waals surface area contributed by atoms with Crippen molar-refractivity contribution in [3.05, 3.63) is 33.8 Å². The van der Waals surface area contributed by atoms with Crippen LogP contribution in [0.1, 0.15) is 24.5 Å². The topological polar surface area (TPSA) is 88.0 Å². The number of hydrogen-bond acceptors (Lipinski definition) is 4. The summed E-state index contributed by atoms with van der Waals surface area (Å²) in [6, 6.07) is 3.96. The Bertz CT molecular complexity index is 578. The summed E-state index contributed by atoms with van der Waals surface area (Å²) in [5, 5.41) is 12.0. The number of ether oxygens (including phenoxy) is 1. The van der Waals surface area contributed by atoms with Crippen molar-refractivity contribution in [3.63, 3.8) is 0 Å². The van der Waals surface area contributed by atoms with Gasteiger partial charge in [0.15, 0.2) is 0 Å². The summed E-state index contributed by atoms with van der Waals surface area (Å²) in [6.45, 7) is 0.814. The third-order valence-corrected chi connectivity index (χ3v) is 2.99. The zero-order chi connectivity index (χ0) is 16.0. The van der Waals surface area contributed by atoms with E-state index in [2.05, 4.69) is 21.0 Å². The maximum absolute atomic E-state index is 12.8. The van der Waals surface area contributed by atoms with Crippen LogP contribution < -0.4 is 5.43 Å². The Hall–Kier alpha value is -2.03. The Morgan fingerprint density at radius 1 is 1.48 bits per heavy atom. The molecule has 0 heterocycles. The highest BCUT2D eigenvalue weighted by molar-refractivity contribution is 9.10. The Labute approximate surface area is 126 Å². The van der Waals surface area contributed by atoms with Crippen LogP contribution in [-0.4, -0.2) is 29.5 Å². The fraction of sp³-hybridized carbons (Fsp3) is 0.250. The van der Waals surface area contributed by atoms with Gasteiger partial charge < -0.3 is 9.84 Å². The molecule has 1 rings (SSSR count). The molecule has 0 unspecified atom stereocenters. The Morgan fingerprint density at radius 2 is 2.14 bits per heavy atom. The number of nitrogens with zero attached hydrogens (tertiary/aromatic N) is 1. The van der Waals surface area contributed by atoms with Crippen LogP contribution in [0.25, 0.3) is 0 Å². The lowest BCUT2D eigenvalue weighted by molar-refractivity contribution is -0.139. The summed E-state index contributed by atoms with van der Waals surface area (Å²) in [7, 11) is 0. The molecule has 0 radical (unpaired) electrons. The minimum absolute atomic E-state index is 0.00185. The van der Waals surface area contributed by atoms with E-state index in [9.17, 15) is 18.4 Å². The van der Waals surface area contributed by atoms with Gasteiger partial charge in [0.2, 0.25) is 0 Å². The van der Waals surface area contributed by atoms with Crippen LogP contribution in [-0.2, 0) is 9.53 Å². The molecule has 6 nitrogen and oxygen atoms in total. The van der Waals surface area contributed by atoms with Crippen LogP contribution in [0.3, 0.4) is 0 Å². The average Bonchev–Trinajstić information content (AvgIpc) is 2.39. The van der Waals surface area contributed by atoms with Crippen molar-refractivity contribution in [2.45, 2.75) is 13.3 Å². The number of hydrazone groups is 1. The molecule has 114 valence electrons. The van der Waals surface area contributed by atoms with E-state index in [1.54, 1.807) is 5.43 Å². The zero-order valence-corrected chi connectivity index (χ0v) is 12.4. The van der Waals surface area contributed by atoms with Crippen molar-refractivity contribution in [2.24, 2.45) is 5.10 Å². The number of hydrogen-bond donors (Lipinski definition) is 2. The van der Waals surface area contributed by atoms with Gasteiger partial charge in [0.1, 0.15) is 12.3 Å². The minimum Gasteiger partial charge on any atom is -0.464 e. The number of esters is 1. The van der Waals surface area contributed by atoms with Gasteiger partial charge >= 0.3 is 12.1 Å². The molecule has 1 aromatic rings. The third kappa shape index (κ3) is 5.46. The van der Waals surface area contributed by atoms with Gasteiger partial charge in [-0.25, -0.2) is 19.0 Å². The number of carbonyl (C=O) groups is 2. The van der Waals surface area contributed by atoms with Gasteiger partial charge in [0, 0.05) is 22.5 Å². The van der Waals surface area contributed by atoms with Crippen LogP contribution in [0.5, 0.6) is 0 Å². The molecule has 21 heavy (non-hydrogen) atoms. The van der Waals surface area contributed by atoms with Crippen molar-refractivity contribution < 1.29 is 28.2 Å². The maximum atomic E-state index is 12.8. The molecule has 0 spiro atoms. The molecule has 0 aliphatic heterocycles. The fourth-order valence-electron chi connectivity index (χ4n) is 1.36. The second-order valence-corrected chi connectivity index (χ2v) is 4.65. The molecule has 0 fully saturated rings. The van der Waals surface area contributed by atoms with E-state index in [1.165, 1.54) is 12.1 Å². The Balaban J connectivity index is 3.12. The molecule has 0 saturated carbocycles. The summed E-state index contributed by atoms with van der Waals surface area (Å²) in [6.07, 6.45) is -4.15. The summed E-state index contributed by atoms with van der Waals surface area (Å²) in [5.41, 5.74) is 1.68. The maximum Gasteiger partial charge on any atom is 0.425 e. The number of rotatable bonds is 5. The van der Waals surface area contributed by atoms with Gasteiger partial charge in [-0.2, -0.15) is 5.10 Å². The van der Waals surface area contributed by atoms with Gasteiger partial charge in [0.25, 0.3) is 6.43 Å². The van der Waals surface area contributed by atoms with E-state index in [-0.39, 0.29) is 27.9 Å². The standard InChI is InChI=1S/C12H11BrF2N2O4/c1-6(18)21-5-10(16-17-12(19)20)7-2-3-9(13)8(4-7)11(14)15/h2-4,11,17H,5H2,1H3,(H,19,20)/b16-10-. The Kier molecular flexibility index (Phi) is 6.22. The van der Waals surface area contributed by atoms with Crippen LogP contribution in [0, 0.1) is 0 Å². The van der Waals surface area contributed by atoms with Gasteiger partial charge in [-0.3, -0.25) is 4.79 Å².